The lowest BCUT2D eigenvalue weighted by Gasteiger charge is -2.43. The number of fused-ring (bicyclic) bond motifs is 1. The second-order valence-corrected chi connectivity index (χ2v) is 8.62. The Bertz CT molecular complexity index is 1290. The fourth-order valence-corrected chi connectivity index (χ4v) is 4.12. The molecular formula is C26H27FN4O5. The topological polar surface area (TPSA) is 103 Å². The summed E-state index contributed by atoms with van der Waals surface area (Å²) in [5, 5.41) is 7.10. The van der Waals surface area contributed by atoms with Gasteiger partial charge in [-0.1, -0.05) is 24.3 Å². The number of methoxy groups -OCH3 is 1. The molecule has 2 amide bonds. The van der Waals surface area contributed by atoms with Gasteiger partial charge in [0.05, 0.1) is 20.3 Å². The molecule has 0 bridgehead atoms. The van der Waals surface area contributed by atoms with Crippen LogP contribution in [0.25, 0.3) is 0 Å². The van der Waals surface area contributed by atoms with E-state index in [1.54, 1.807) is 51.3 Å². The van der Waals surface area contributed by atoms with E-state index in [0.29, 0.717) is 11.3 Å². The molecule has 1 unspecified atom stereocenters. The zero-order valence-corrected chi connectivity index (χ0v) is 20.3. The first-order chi connectivity index (χ1) is 17.2. The molecule has 0 saturated carbocycles. The van der Waals surface area contributed by atoms with Crippen molar-refractivity contribution in [1.29, 1.82) is 0 Å². The highest BCUT2D eigenvalue weighted by atomic mass is 19.1. The molecule has 2 heterocycles. The van der Waals surface area contributed by atoms with Crippen molar-refractivity contribution in [2.24, 2.45) is 0 Å². The highest BCUT2D eigenvalue weighted by Crippen LogP contribution is 2.30. The number of amides is 2. The van der Waals surface area contributed by atoms with Gasteiger partial charge in [-0.2, -0.15) is 5.10 Å². The van der Waals surface area contributed by atoms with E-state index < -0.39 is 23.3 Å². The van der Waals surface area contributed by atoms with Crippen LogP contribution < -0.4 is 10.1 Å². The Balaban J connectivity index is 1.67. The van der Waals surface area contributed by atoms with Gasteiger partial charge in [0, 0.05) is 19.2 Å². The second kappa shape index (κ2) is 10.2. The van der Waals surface area contributed by atoms with Gasteiger partial charge in [0.15, 0.2) is 5.69 Å². The third-order valence-electron chi connectivity index (χ3n) is 6.11. The number of ether oxygens (including phenoxy) is 2. The molecular weight excluding hydrogens is 467 g/mol. The lowest BCUT2D eigenvalue weighted by molar-refractivity contribution is -0.133. The Hall–Kier alpha value is -4.21. The predicted octanol–water partition coefficient (Wildman–Crippen LogP) is 2.94. The van der Waals surface area contributed by atoms with Crippen LogP contribution in [0.3, 0.4) is 0 Å². The van der Waals surface area contributed by atoms with Crippen LogP contribution in [0.5, 0.6) is 5.75 Å². The number of hydrogen-bond donors (Lipinski definition) is 1. The van der Waals surface area contributed by atoms with E-state index in [1.165, 1.54) is 27.8 Å². The van der Waals surface area contributed by atoms with Crippen molar-refractivity contribution >= 4 is 17.8 Å². The number of benzene rings is 2. The standard InChI is InChI=1S/C26H27FN4O5/c1-4-36-24(33)21-13-22-23(32)30(15-18-6-5-7-20(12-18)35-3)26(2,16-31(22)29-21)25(34)28-14-17-8-10-19(27)11-9-17/h5-13H,4,14-16H2,1-3H3,(H,28,34). The number of nitrogens with one attached hydrogen (secondary N) is 1. The quantitative estimate of drug-likeness (QED) is 0.483. The van der Waals surface area contributed by atoms with Crippen molar-refractivity contribution in [3.8, 4) is 5.75 Å². The molecule has 3 aromatic rings. The van der Waals surface area contributed by atoms with Gasteiger partial charge < -0.3 is 19.7 Å². The number of rotatable bonds is 8. The summed E-state index contributed by atoms with van der Waals surface area (Å²) in [6, 6.07) is 14.4. The summed E-state index contributed by atoms with van der Waals surface area (Å²) in [4.78, 5) is 40.9. The van der Waals surface area contributed by atoms with E-state index in [-0.39, 0.29) is 43.4 Å². The molecule has 0 saturated heterocycles. The maximum Gasteiger partial charge on any atom is 0.358 e. The largest absolute Gasteiger partial charge is 0.497 e. The zero-order valence-electron chi connectivity index (χ0n) is 20.3. The summed E-state index contributed by atoms with van der Waals surface area (Å²) >= 11 is 0. The normalized spacial score (nSPS) is 16.9. The van der Waals surface area contributed by atoms with E-state index in [2.05, 4.69) is 10.4 Å². The summed E-state index contributed by atoms with van der Waals surface area (Å²) in [6.45, 7) is 3.79. The van der Waals surface area contributed by atoms with Crippen molar-refractivity contribution < 1.29 is 28.2 Å². The van der Waals surface area contributed by atoms with Crippen LogP contribution in [-0.2, 0) is 29.2 Å². The lowest BCUT2D eigenvalue weighted by atomic mass is 9.94. The van der Waals surface area contributed by atoms with E-state index in [4.69, 9.17) is 9.47 Å². The first kappa shape index (κ1) is 24.9. The Labute approximate surface area is 207 Å². The van der Waals surface area contributed by atoms with E-state index in [1.807, 2.05) is 6.07 Å². The molecule has 1 aromatic heterocycles. The molecule has 1 aliphatic rings. The molecule has 2 aromatic carbocycles. The van der Waals surface area contributed by atoms with Crippen molar-refractivity contribution in [1.82, 2.24) is 20.0 Å². The number of esters is 1. The molecule has 4 rings (SSSR count). The number of nitrogens with zero attached hydrogens (tertiary/aromatic N) is 3. The molecule has 1 atom stereocenters. The minimum atomic E-state index is -1.34. The third-order valence-corrected chi connectivity index (χ3v) is 6.11. The fraction of sp³-hybridized carbons (Fsp3) is 0.308. The van der Waals surface area contributed by atoms with Crippen LogP contribution in [0.1, 0.15) is 46.0 Å². The average molecular weight is 495 g/mol. The van der Waals surface area contributed by atoms with Gasteiger partial charge in [-0.05, 0) is 49.2 Å². The van der Waals surface area contributed by atoms with Crippen LogP contribution in [0, 0.1) is 5.82 Å². The minimum Gasteiger partial charge on any atom is -0.497 e. The average Bonchev–Trinajstić information content (AvgIpc) is 3.30. The molecule has 0 fully saturated rings. The highest BCUT2D eigenvalue weighted by molar-refractivity contribution is 6.01. The van der Waals surface area contributed by atoms with Gasteiger partial charge in [-0.15, -0.1) is 0 Å². The second-order valence-electron chi connectivity index (χ2n) is 8.62. The monoisotopic (exact) mass is 494 g/mol. The van der Waals surface area contributed by atoms with Gasteiger partial charge in [0.25, 0.3) is 5.91 Å². The maximum atomic E-state index is 13.7. The van der Waals surface area contributed by atoms with E-state index in [9.17, 15) is 18.8 Å². The van der Waals surface area contributed by atoms with Gasteiger partial charge in [0.2, 0.25) is 5.91 Å². The molecule has 1 aliphatic heterocycles. The van der Waals surface area contributed by atoms with E-state index in [0.717, 1.165) is 5.56 Å². The summed E-state index contributed by atoms with van der Waals surface area (Å²) in [5.74, 6) is -1.26. The highest BCUT2D eigenvalue weighted by Gasteiger charge is 2.48. The molecule has 0 aliphatic carbocycles. The molecule has 10 heteroatoms. The molecule has 9 nitrogen and oxygen atoms in total. The summed E-state index contributed by atoms with van der Waals surface area (Å²) in [7, 11) is 1.55. The first-order valence-corrected chi connectivity index (χ1v) is 11.5. The first-order valence-electron chi connectivity index (χ1n) is 11.5. The molecule has 188 valence electrons. The zero-order chi connectivity index (χ0) is 25.9. The maximum absolute atomic E-state index is 13.7. The van der Waals surface area contributed by atoms with Crippen molar-refractivity contribution in [3.05, 3.63) is 82.9 Å². The van der Waals surface area contributed by atoms with E-state index >= 15 is 0 Å². The van der Waals surface area contributed by atoms with Crippen LogP contribution >= 0.6 is 0 Å². The van der Waals surface area contributed by atoms with Gasteiger partial charge >= 0.3 is 5.97 Å². The van der Waals surface area contributed by atoms with Crippen molar-refractivity contribution in [3.63, 3.8) is 0 Å². The summed E-state index contributed by atoms with van der Waals surface area (Å²) in [5.41, 5.74) is 0.311. The molecule has 1 N–H and O–H groups in total. The van der Waals surface area contributed by atoms with Crippen molar-refractivity contribution in [2.45, 2.75) is 39.0 Å². The molecule has 36 heavy (non-hydrogen) atoms. The Morgan fingerprint density at radius 1 is 1.14 bits per heavy atom. The lowest BCUT2D eigenvalue weighted by Crippen LogP contribution is -2.63. The van der Waals surface area contributed by atoms with Crippen LogP contribution in [-0.4, -0.2) is 51.7 Å². The molecule has 0 radical (unpaired) electrons. The SMILES string of the molecule is CCOC(=O)c1cc2n(n1)CC(C)(C(=O)NCc1ccc(F)cc1)N(Cc1cccc(OC)c1)C2=O. The Morgan fingerprint density at radius 3 is 2.58 bits per heavy atom. The van der Waals surface area contributed by atoms with Gasteiger partial charge in [0.1, 0.15) is 22.8 Å². The fourth-order valence-electron chi connectivity index (χ4n) is 4.12. The Kier molecular flexibility index (Phi) is 7.05. The smallest absolute Gasteiger partial charge is 0.358 e. The summed E-state index contributed by atoms with van der Waals surface area (Å²) < 4.78 is 25.0. The number of carbonyl (C=O) groups is 3. The van der Waals surface area contributed by atoms with Crippen LogP contribution in [0.4, 0.5) is 4.39 Å². The summed E-state index contributed by atoms with van der Waals surface area (Å²) in [6.07, 6.45) is 0. The van der Waals surface area contributed by atoms with Crippen LogP contribution in [0.2, 0.25) is 0 Å². The van der Waals surface area contributed by atoms with Crippen molar-refractivity contribution in [2.75, 3.05) is 13.7 Å². The number of hydrogen-bond acceptors (Lipinski definition) is 6. The van der Waals surface area contributed by atoms with Crippen LogP contribution in [0.15, 0.2) is 54.6 Å². The third kappa shape index (κ3) is 4.93. The Morgan fingerprint density at radius 2 is 1.89 bits per heavy atom. The molecule has 0 spiro atoms. The predicted molar refractivity (Wildman–Crippen MR) is 128 cm³/mol. The van der Waals surface area contributed by atoms with Gasteiger partial charge in [-0.25, -0.2) is 9.18 Å². The number of carbonyl (C=O) groups excluding carboxylic acids is 3. The number of halogens is 1. The van der Waals surface area contributed by atoms with Gasteiger partial charge in [-0.3, -0.25) is 14.3 Å². The minimum absolute atomic E-state index is 0.00231. The number of aromatic nitrogens is 2.